The van der Waals surface area contributed by atoms with Gasteiger partial charge in [0.1, 0.15) is 0 Å². The Kier molecular flexibility index (Phi) is 4.00. The highest BCUT2D eigenvalue weighted by atomic mass is 16.8. The number of rotatable bonds is 2. The minimum absolute atomic E-state index is 0.0972. The molecule has 8 nitrogen and oxygen atoms in total. The van der Waals surface area contributed by atoms with Gasteiger partial charge in [-0.3, -0.25) is 14.4 Å². The number of morpholine rings is 2. The molecule has 0 unspecified atom stereocenters. The molecule has 2 aliphatic heterocycles. The number of nitrogens with zero attached hydrogens (tertiary/aromatic N) is 4. The zero-order chi connectivity index (χ0) is 14.9. The van der Waals surface area contributed by atoms with Crippen molar-refractivity contribution in [2.45, 2.75) is 24.9 Å². The van der Waals surface area contributed by atoms with Crippen molar-refractivity contribution in [3.05, 3.63) is 16.6 Å². The fourth-order valence-electron chi connectivity index (χ4n) is 3.87. The smallest absolute Gasteiger partial charge is 0.239 e. The van der Waals surface area contributed by atoms with Crippen LogP contribution in [0.1, 0.15) is 36.3 Å². The van der Waals surface area contributed by atoms with E-state index in [9.17, 15) is 5.21 Å². The molecule has 122 valence electrons. The molecule has 8 heteroatoms. The molecular weight excluding hydrogens is 288 g/mol. The first-order chi connectivity index (χ1) is 10.8. The fourth-order valence-corrected chi connectivity index (χ4v) is 3.87. The molecule has 0 bridgehead atoms. The van der Waals surface area contributed by atoms with Crippen LogP contribution in [-0.2, 0) is 9.47 Å². The summed E-state index contributed by atoms with van der Waals surface area (Å²) in [6.45, 7) is 6.43. The second-order valence-corrected chi connectivity index (χ2v) is 6.11. The van der Waals surface area contributed by atoms with Crippen molar-refractivity contribution >= 4 is 0 Å². The monoisotopic (exact) mass is 310 g/mol. The Hall–Kier alpha value is -1.22. The molecule has 2 saturated heterocycles. The highest BCUT2D eigenvalue weighted by Gasteiger charge is 2.43. The first kappa shape index (κ1) is 14.4. The quantitative estimate of drug-likeness (QED) is 0.703. The van der Waals surface area contributed by atoms with E-state index in [1.165, 1.54) is 0 Å². The molecule has 2 fully saturated rings. The summed E-state index contributed by atoms with van der Waals surface area (Å²) in [6.07, 6.45) is 1.96. The van der Waals surface area contributed by atoms with Gasteiger partial charge in [0.15, 0.2) is 0 Å². The van der Waals surface area contributed by atoms with E-state index in [4.69, 9.17) is 14.1 Å². The molecule has 1 aromatic heterocycles. The van der Waals surface area contributed by atoms with Crippen LogP contribution in [0.3, 0.4) is 0 Å². The minimum atomic E-state index is 0.0972. The van der Waals surface area contributed by atoms with E-state index in [0.29, 0.717) is 10.6 Å². The van der Waals surface area contributed by atoms with Crippen LogP contribution in [0.15, 0.2) is 4.63 Å². The number of ether oxygens (including phenoxy) is 2. The SMILES string of the molecule is [O-][n+]1onc2c1[C@@H](N1CCOCC1)CC[C@H]2N1CCOCC1. The molecule has 0 radical (unpaired) electrons. The molecule has 1 aromatic rings. The van der Waals surface area contributed by atoms with Crippen molar-refractivity contribution in [3.63, 3.8) is 0 Å². The van der Waals surface area contributed by atoms with Crippen LogP contribution < -0.4 is 4.90 Å². The molecule has 0 aromatic carbocycles. The summed E-state index contributed by atoms with van der Waals surface area (Å²) in [5.41, 5.74) is 1.52. The Morgan fingerprint density at radius 2 is 1.45 bits per heavy atom. The highest BCUT2D eigenvalue weighted by molar-refractivity contribution is 5.18. The highest BCUT2D eigenvalue weighted by Crippen LogP contribution is 2.40. The van der Waals surface area contributed by atoms with E-state index in [1.54, 1.807) is 0 Å². The Labute approximate surface area is 129 Å². The van der Waals surface area contributed by atoms with Crippen LogP contribution in [0.25, 0.3) is 0 Å². The summed E-state index contributed by atoms with van der Waals surface area (Å²) in [5, 5.41) is 16.2. The summed E-state index contributed by atoms with van der Waals surface area (Å²) in [7, 11) is 0. The first-order valence-corrected chi connectivity index (χ1v) is 8.07. The Morgan fingerprint density at radius 3 is 2.09 bits per heavy atom. The fraction of sp³-hybridized carbons (Fsp3) is 0.857. The predicted molar refractivity (Wildman–Crippen MR) is 75.0 cm³/mol. The van der Waals surface area contributed by atoms with Gasteiger partial charge in [0.05, 0.1) is 38.5 Å². The lowest BCUT2D eigenvalue weighted by molar-refractivity contribution is -0.809. The lowest BCUT2D eigenvalue weighted by Gasteiger charge is -2.39. The Balaban J connectivity index is 1.60. The number of hydrogen-bond donors (Lipinski definition) is 0. The van der Waals surface area contributed by atoms with Crippen LogP contribution in [0.5, 0.6) is 0 Å². The number of hydrogen-bond acceptors (Lipinski definition) is 7. The van der Waals surface area contributed by atoms with Gasteiger partial charge in [-0.15, -0.1) is 0 Å². The van der Waals surface area contributed by atoms with E-state index in [-0.39, 0.29) is 12.1 Å². The van der Waals surface area contributed by atoms with E-state index >= 15 is 0 Å². The zero-order valence-electron chi connectivity index (χ0n) is 12.6. The lowest BCUT2D eigenvalue weighted by Crippen LogP contribution is -2.47. The molecule has 4 rings (SSSR count). The third kappa shape index (κ3) is 2.50. The van der Waals surface area contributed by atoms with Gasteiger partial charge in [-0.05, 0) is 17.7 Å². The molecule has 0 amide bonds. The van der Waals surface area contributed by atoms with Crippen LogP contribution in [0.4, 0.5) is 0 Å². The molecule has 0 saturated carbocycles. The van der Waals surface area contributed by atoms with Crippen LogP contribution in [-0.4, -0.2) is 67.6 Å². The lowest BCUT2D eigenvalue weighted by atomic mass is 9.89. The van der Waals surface area contributed by atoms with Crippen LogP contribution in [0.2, 0.25) is 0 Å². The van der Waals surface area contributed by atoms with Crippen molar-refractivity contribution in [1.29, 1.82) is 0 Å². The third-order valence-electron chi connectivity index (χ3n) is 4.99. The molecule has 0 N–H and O–H groups in total. The standard InChI is InChI=1S/C14H22N4O4/c19-18-14-12(17-5-9-21-10-6-17)2-1-11(13(14)15-22-18)16-3-7-20-8-4-16/h11-12H,1-10H2/t11-,12+/m1/s1. The topological polar surface area (TPSA) is 77.9 Å². The summed E-state index contributed by atoms with van der Waals surface area (Å²) >= 11 is 0. The number of fused-ring (bicyclic) bond motifs is 1. The van der Waals surface area contributed by atoms with Gasteiger partial charge in [-0.25, -0.2) is 0 Å². The maximum atomic E-state index is 12.1. The normalized spacial score (nSPS) is 31.1. The number of aromatic nitrogens is 2. The zero-order valence-corrected chi connectivity index (χ0v) is 12.6. The summed E-state index contributed by atoms with van der Waals surface area (Å²) in [5.74, 6) is 0. The minimum Gasteiger partial charge on any atom is -0.379 e. The van der Waals surface area contributed by atoms with Gasteiger partial charge in [-0.2, -0.15) is 0 Å². The average molecular weight is 310 g/mol. The van der Waals surface area contributed by atoms with Crippen molar-refractivity contribution in [1.82, 2.24) is 15.0 Å². The molecular formula is C14H22N4O4. The van der Waals surface area contributed by atoms with Crippen LogP contribution >= 0.6 is 0 Å². The summed E-state index contributed by atoms with van der Waals surface area (Å²) in [6, 6.07) is 0.273. The largest absolute Gasteiger partial charge is 0.379 e. The Bertz CT molecular complexity index is 511. The van der Waals surface area contributed by atoms with Crippen molar-refractivity contribution in [3.8, 4) is 0 Å². The summed E-state index contributed by atoms with van der Waals surface area (Å²) < 4.78 is 15.8. The molecule has 1 aliphatic carbocycles. The molecule has 3 aliphatic rings. The van der Waals surface area contributed by atoms with Gasteiger partial charge >= 0.3 is 0 Å². The molecule has 0 spiro atoms. The third-order valence-corrected chi connectivity index (χ3v) is 4.99. The van der Waals surface area contributed by atoms with Crippen molar-refractivity contribution in [2.24, 2.45) is 0 Å². The van der Waals surface area contributed by atoms with E-state index < -0.39 is 0 Å². The second-order valence-electron chi connectivity index (χ2n) is 6.11. The first-order valence-electron chi connectivity index (χ1n) is 8.07. The van der Waals surface area contributed by atoms with E-state index in [2.05, 4.69) is 15.0 Å². The molecule has 2 atom stereocenters. The van der Waals surface area contributed by atoms with E-state index in [1.807, 2.05) is 0 Å². The molecule has 22 heavy (non-hydrogen) atoms. The Morgan fingerprint density at radius 1 is 0.909 bits per heavy atom. The maximum absolute atomic E-state index is 12.1. The predicted octanol–water partition coefficient (Wildman–Crippen LogP) is -0.152. The maximum Gasteiger partial charge on any atom is 0.239 e. The van der Waals surface area contributed by atoms with Gasteiger partial charge in [0, 0.05) is 31.3 Å². The van der Waals surface area contributed by atoms with Gasteiger partial charge in [0.25, 0.3) is 0 Å². The van der Waals surface area contributed by atoms with Crippen molar-refractivity contribution in [2.75, 3.05) is 52.6 Å². The van der Waals surface area contributed by atoms with E-state index in [0.717, 1.165) is 71.1 Å². The van der Waals surface area contributed by atoms with Crippen LogP contribution in [0, 0.1) is 5.21 Å². The molecule has 3 heterocycles. The second kappa shape index (κ2) is 6.11. The van der Waals surface area contributed by atoms with Gasteiger partial charge in [-0.1, -0.05) is 0 Å². The summed E-state index contributed by atoms with van der Waals surface area (Å²) in [4.78, 5) is 5.30. The average Bonchev–Trinajstić information content (AvgIpc) is 2.98. The van der Waals surface area contributed by atoms with Crippen molar-refractivity contribution < 1.29 is 19.0 Å². The van der Waals surface area contributed by atoms with Gasteiger partial charge in [0.2, 0.25) is 11.4 Å². The van der Waals surface area contributed by atoms with Gasteiger partial charge < -0.3 is 14.7 Å².